The van der Waals surface area contributed by atoms with Gasteiger partial charge in [-0.2, -0.15) is 0 Å². The largest absolute Gasteiger partial charge is 0.494 e. The van der Waals surface area contributed by atoms with Crippen LogP contribution in [0, 0.1) is 0 Å². The molecule has 4 rings (SSSR count). The standard InChI is InChI=1S/C24H29N3O3S/c1-2-7-21(8-3-1)29-17-18-31-19-23-25-26-24(30-23)20-9-11-22(12-10-20)28-16-6-15-27-13-4-5-14-27/h1-3,7-12H,4-6,13-19H2. The van der Waals surface area contributed by atoms with Gasteiger partial charge < -0.3 is 18.8 Å². The minimum absolute atomic E-state index is 0.539. The second kappa shape index (κ2) is 11.8. The minimum Gasteiger partial charge on any atom is -0.494 e. The summed E-state index contributed by atoms with van der Waals surface area (Å²) >= 11 is 1.71. The monoisotopic (exact) mass is 439 g/mol. The van der Waals surface area contributed by atoms with Gasteiger partial charge in [0.2, 0.25) is 11.8 Å². The Labute approximate surface area is 188 Å². The van der Waals surface area contributed by atoms with Crippen molar-refractivity contribution in [3.63, 3.8) is 0 Å². The Morgan fingerprint density at radius 3 is 2.42 bits per heavy atom. The predicted octanol–water partition coefficient (Wildman–Crippen LogP) is 4.91. The van der Waals surface area contributed by atoms with Crippen molar-refractivity contribution in [1.82, 2.24) is 15.1 Å². The first-order valence-electron chi connectivity index (χ1n) is 10.9. The number of ether oxygens (including phenoxy) is 2. The van der Waals surface area contributed by atoms with Crippen molar-refractivity contribution in [3.8, 4) is 23.0 Å². The highest BCUT2D eigenvalue weighted by Crippen LogP contribution is 2.23. The molecule has 2 aromatic carbocycles. The number of aromatic nitrogens is 2. The summed E-state index contributed by atoms with van der Waals surface area (Å²) in [5, 5.41) is 8.33. The summed E-state index contributed by atoms with van der Waals surface area (Å²) < 4.78 is 17.3. The molecule has 6 nitrogen and oxygen atoms in total. The Morgan fingerprint density at radius 1 is 0.871 bits per heavy atom. The van der Waals surface area contributed by atoms with E-state index in [-0.39, 0.29) is 0 Å². The van der Waals surface area contributed by atoms with Gasteiger partial charge >= 0.3 is 0 Å². The molecule has 0 amide bonds. The highest BCUT2D eigenvalue weighted by atomic mass is 32.2. The van der Waals surface area contributed by atoms with E-state index in [0.717, 1.165) is 42.4 Å². The van der Waals surface area contributed by atoms with E-state index in [1.54, 1.807) is 11.8 Å². The van der Waals surface area contributed by atoms with Gasteiger partial charge in [-0.1, -0.05) is 18.2 Å². The summed E-state index contributed by atoms with van der Waals surface area (Å²) in [7, 11) is 0. The fourth-order valence-corrected chi connectivity index (χ4v) is 4.14. The smallest absolute Gasteiger partial charge is 0.247 e. The lowest BCUT2D eigenvalue weighted by molar-refractivity contribution is 0.263. The Kier molecular flexibility index (Phi) is 8.24. The van der Waals surface area contributed by atoms with Crippen LogP contribution in [0.1, 0.15) is 25.2 Å². The molecular formula is C24H29N3O3S. The van der Waals surface area contributed by atoms with Crippen LogP contribution >= 0.6 is 11.8 Å². The summed E-state index contributed by atoms with van der Waals surface area (Å²) in [5.41, 5.74) is 0.903. The molecule has 0 aliphatic carbocycles. The molecule has 0 unspecified atom stereocenters. The molecule has 0 bridgehead atoms. The maximum atomic E-state index is 5.86. The predicted molar refractivity (Wildman–Crippen MR) is 124 cm³/mol. The first-order valence-corrected chi connectivity index (χ1v) is 12.1. The van der Waals surface area contributed by atoms with Gasteiger partial charge in [-0.25, -0.2) is 0 Å². The molecule has 0 atom stereocenters. The van der Waals surface area contributed by atoms with E-state index in [0.29, 0.717) is 24.1 Å². The fourth-order valence-electron chi connectivity index (χ4n) is 3.50. The van der Waals surface area contributed by atoms with Crippen LogP contribution in [0.25, 0.3) is 11.5 Å². The van der Waals surface area contributed by atoms with Crippen LogP contribution in [-0.4, -0.2) is 53.7 Å². The molecule has 164 valence electrons. The Bertz CT molecular complexity index is 896. The van der Waals surface area contributed by atoms with Gasteiger partial charge in [0, 0.05) is 17.9 Å². The van der Waals surface area contributed by atoms with Crippen LogP contribution in [0.3, 0.4) is 0 Å². The zero-order valence-corrected chi connectivity index (χ0v) is 18.6. The van der Waals surface area contributed by atoms with E-state index < -0.39 is 0 Å². The Balaban J connectivity index is 1.15. The van der Waals surface area contributed by atoms with Crippen LogP contribution in [0.4, 0.5) is 0 Å². The summed E-state index contributed by atoms with van der Waals surface area (Å²) in [6, 6.07) is 17.7. The maximum Gasteiger partial charge on any atom is 0.247 e. The number of likely N-dealkylation sites (tertiary alicyclic amines) is 1. The van der Waals surface area contributed by atoms with Gasteiger partial charge in [0.05, 0.1) is 19.0 Å². The van der Waals surface area contributed by atoms with E-state index in [2.05, 4.69) is 15.1 Å². The average molecular weight is 440 g/mol. The van der Waals surface area contributed by atoms with Gasteiger partial charge in [-0.3, -0.25) is 0 Å². The molecule has 0 spiro atoms. The summed E-state index contributed by atoms with van der Waals surface area (Å²) in [5.74, 6) is 4.46. The lowest BCUT2D eigenvalue weighted by atomic mass is 10.2. The van der Waals surface area contributed by atoms with Crippen molar-refractivity contribution in [1.29, 1.82) is 0 Å². The second-order valence-electron chi connectivity index (χ2n) is 7.49. The molecule has 1 saturated heterocycles. The molecule has 1 fully saturated rings. The highest BCUT2D eigenvalue weighted by molar-refractivity contribution is 7.98. The van der Waals surface area contributed by atoms with E-state index in [1.807, 2.05) is 54.6 Å². The summed E-state index contributed by atoms with van der Waals surface area (Å²) in [6.07, 6.45) is 3.73. The van der Waals surface area contributed by atoms with E-state index >= 15 is 0 Å². The van der Waals surface area contributed by atoms with Gasteiger partial charge in [0.1, 0.15) is 11.5 Å². The summed E-state index contributed by atoms with van der Waals surface area (Å²) in [6.45, 7) is 4.99. The quantitative estimate of drug-likeness (QED) is 0.372. The number of thioether (sulfide) groups is 1. The molecule has 2 heterocycles. The van der Waals surface area contributed by atoms with Crippen molar-refractivity contribution in [2.24, 2.45) is 0 Å². The van der Waals surface area contributed by atoms with Gasteiger partial charge in [0.15, 0.2) is 0 Å². The van der Waals surface area contributed by atoms with E-state index in [1.165, 1.54) is 25.9 Å². The van der Waals surface area contributed by atoms with Gasteiger partial charge in [-0.05, 0) is 68.8 Å². The molecule has 3 aromatic rings. The number of nitrogens with zero attached hydrogens (tertiary/aromatic N) is 3. The number of hydrogen-bond donors (Lipinski definition) is 0. The molecule has 0 radical (unpaired) electrons. The highest BCUT2D eigenvalue weighted by Gasteiger charge is 2.11. The zero-order valence-electron chi connectivity index (χ0n) is 17.7. The number of rotatable bonds is 12. The number of hydrogen-bond acceptors (Lipinski definition) is 7. The Morgan fingerprint density at radius 2 is 1.61 bits per heavy atom. The number of benzene rings is 2. The lowest BCUT2D eigenvalue weighted by Crippen LogP contribution is -2.21. The van der Waals surface area contributed by atoms with Crippen LogP contribution in [0.15, 0.2) is 59.0 Å². The van der Waals surface area contributed by atoms with Crippen LogP contribution < -0.4 is 9.47 Å². The molecule has 1 aliphatic heterocycles. The Hall–Kier alpha value is -2.51. The molecule has 31 heavy (non-hydrogen) atoms. The SMILES string of the molecule is c1ccc(OCCSCc2nnc(-c3ccc(OCCCN4CCCC4)cc3)o2)cc1. The molecule has 7 heteroatoms. The van der Waals surface area contributed by atoms with Crippen molar-refractivity contribution in [2.75, 3.05) is 38.6 Å². The first-order chi connectivity index (χ1) is 15.4. The van der Waals surface area contributed by atoms with E-state index in [4.69, 9.17) is 13.9 Å². The minimum atomic E-state index is 0.539. The molecule has 0 N–H and O–H groups in total. The molecular weight excluding hydrogens is 410 g/mol. The van der Waals surface area contributed by atoms with Crippen molar-refractivity contribution in [3.05, 3.63) is 60.5 Å². The van der Waals surface area contributed by atoms with Crippen LogP contribution in [0.5, 0.6) is 11.5 Å². The normalized spacial score (nSPS) is 14.1. The van der Waals surface area contributed by atoms with Crippen molar-refractivity contribution < 1.29 is 13.9 Å². The van der Waals surface area contributed by atoms with Crippen LogP contribution in [-0.2, 0) is 5.75 Å². The molecule has 0 saturated carbocycles. The van der Waals surface area contributed by atoms with Crippen LogP contribution in [0.2, 0.25) is 0 Å². The fraction of sp³-hybridized carbons (Fsp3) is 0.417. The number of para-hydroxylation sites is 1. The zero-order chi connectivity index (χ0) is 21.1. The maximum absolute atomic E-state index is 5.86. The average Bonchev–Trinajstić information content (AvgIpc) is 3.50. The summed E-state index contributed by atoms with van der Waals surface area (Å²) in [4.78, 5) is 2.51. The van der Waals surface area contributed by atoms with Crippen molar-refractivity contribution >= 4 is 11.8 Å². The van der Waals surface area contributed by atoms with E-state index in [9.17, 15) is 0 Å². The lowest BCUT2D eigenvalue weighted by Gasteiger charge is -2.14. The third-order valence-corrected chi connectivity index (χ3v) is 6.03. The molecule has 1 aromatic heterocycles. The van der Waals surface area contributed by atoms with Gasteiger partial charge in [0.25, 0.3) is 0 Å². The second-order valence-corrected chi connectivity index (χ2v) is 8.60. The topological polar surface area (TPSA) is 60.6 Å². The first kappa shape index (κ1) is 21.7. The third kappa shape index (κ3) is 7.01. The third-order valence-electron chi connectivity index (χ3n) is 5.12. The van der Waals surface area contributed by atoms with Gasteiger partial charge in [-0.15, -0.1) is 22.0 Å². The molecule has 1 aliphatic rings. The van der Waals surface area contributed by atoms with Crippen molar-refractivity contribution in [2.45, 2.75) is 25.0 Å².